The number of methoxy groups -OCH3 is 1. The van der Waals surface area contributed by atoms with Crippen LogP contribution in [0, 0.1) is 0 Å². The molecule has 0 unspecified atom stereocenters. The topological polar surface area (TPSA) is 49.2 Å². The molecule has 0 amide bonds. The monoisotopic (exact) mass is 367 g/mol. The number of ether oxygens (including phenoxy) is 1. The molecule has 0 bridgehead atoms. The van der Waals surface area contributed by atoms with Crippen molar-refractivity contribution in [1.82, 2.24) is 15.2 Å². The maximum atomic E-state index is 5.97. The van der Waals surface area contributed by atoms with Crippen molar-refractivity contribution in [3.8, 4) is 5.75 Å². The first kappa shape index (κ1) is 14.2. The Hall–Kier alpha value is -1.79. The first-order valence-electron chi connectivity index (χ1n) is 6.14. The van der Waals surface area contributed by atoms with Crippen molar-refractivity contribution in [1.29, 1.82) is 0 Å². The first-order valence-corrected chi connectivity index (χ1v) is 7.31. The molecule has 108 valence electrons. The van der Waals surface area contributed by atoms with E-state index in [-0.39, 0.29) is 0 Å². The van der Waals surface area contributed by atoms with E-state index in [1.807, 2.05) is 18.2 Å². The lowest BCUT2D eigenvalue weighted by atomic mass is 10.2. The number of halogens is 2. The molecule has 1 heterocycles. The van der Waals surface area contributed by atoms with Crippen LogP contribution in [0.1, 0.15) is 5.56 Å². The van der Waals surface area contributed by atoms with Crippen molar-refractivity contribution >= 4 is 38.6 Å². The van der Waals surface area contributed by atoms with E-state index in [9.17, 15) is 0 Å². The van der Waals surface area contributed by atoms with Gasteiger partial charge in [-0.25, -0.2) is 0 Å². The van der Waals surface area contributed by atoms with E-state index in [0.29, 0.717) is 11.6 Å². The Morgan fingerprint density at radius 1 is 1.24 bits per heavy atom. The Balaban J connectivity index is 1.80. The highest BCUT2D eigenvalue weighted by molar-refractivity contribution is 9.10. The molecule has 21 heavy (non-hydrogen) atoms. The summed E-state index contributed by atoms with van der Waals surface area (Å²) in [6, 6.07) is 11.1. The summed E-state index contributed by atoms with van der Waals surface area (Å²) in [5.74, 6) is 0.775. The zero-order valence-corrected chi connectivity index (χ0v) is 13.4. The van der Waals surface area contributed by atoms with E-state index in [1.165, 1.54) is 4.85 Å². The van der Waals surface area contributed by atoms with Crippen LogP contribution in [-0.2, 0) is 6.61 Å². The van der Waals surface area contributed by atoms with Crippen LogP contribution in [0.15, 0.2) is 40.9 Å². The summed E-state index contributed by atoms with van der Waals surface area (Å²) < 4.78 is 6.06. The number of fused-ring (bicyclic) bond motifs is 1. The number of nitrogens with zero attached hydrogens (tertiary/aromatic N) is 3. The quantitative estimate of drug-likeness (QED) is 0.707. The Labute approximate surface area is 134 Å². The minimum Gasteiger partial charge on any atom is -0.496 e. The van der Waals surface area contributed by atoms with Gasteiger partial charge in [0.25, 0.3) is 0 Å². The van der Waals surface area contributed by atoms with E-state index in [4.69, 9.17) is 21.2 Å². The summed E-state index contributed by atoms with van der Waals surface area (Å²) in [6.45, 7) is 0.355. The summed E-state index contributed by atoms with van der Waals surface area (Å²) in [5.41, 5.74) is 2.44. The Kier molecular flexibility index (Phi) is 3.98. The standard InChI is InChI=1S/C14H11BrClN3O2/c1-20-14-5-2-9(6-11(14)15)8-21-19-13-7-10(16)3-4-12(13)17-18-19/h2-7H,8H2,1H3. The molecule has 0 saturated carbocycles. The second-order valence-corrected chi connectivity index (χ2v) is 5.63. The zero-order chi connectivity index (χ0) is 14.8. The lowest BCUT2D eigenvalue weighted by Gasteiger charge is -2.08. The molecule has 3 rings (SSSR count). The number of hydrogen-bond donors (Lipinski definition) is 0. The fourth-order valence-corrected chi connectivity index (χ4v) is 2.66. The molecule has 0 aliphatic carbocycles. The van der Waals surface area contributed by atoms with Crippen LogP contribution in [0.5, 0.6) is 5.75 Å². The van der Waals surface area contributed by atoms with Gasteiger partial charge in [0.2, 0.25) is 0 Å². The normalized spacial score (nSPS) is 10.8. The van der Waals surface area contributed by atoms with Crippen LogP contribution in [0.3, 0.4) is 0 Å². The Morgan fingerprint density at radius 2 is 2.10 bits per heavy atom. The summed E-state index contributed by atoms with van der Waals surface area (Å²) in [5, 5.41) is 8.59. The third kappa shape index (κ3) is 2.96. The van der Waals surface area contributed by atoms with E-state index in [1.54, 1.807) is 25.3 Å². The smallest absolute Gasteiger partial charge is 0.142 e. The summed E-state index contributed by atoms with van der Waals surface area (Å²) in [6.07, 6.45) is 0. The lowest BCUT2D eigenvalue weighted by Crippen LogP contribution is -2.12. The summed E-state index contributed by atoms with van der Waals surface area (Å²) >= 11 is 9.42. The Bertz CT molecular complexity index is 791. The van der Waals surface area contributed by atoms with Crippen molar-refractivity contribution in [2.75, 3.05) is 7.11 Å². The lowest BCUT2D eigenvalue weighted by molar-refractivity contribution is 0.0751. The van der Waals surface area contributed by atoms with Crippen LogP contribution >= 0.6 is 27.5 Å². The van der Waals surface area contributed by atoms with Crippen LogP contribution in [-0.4, -0.2) is 22.3 Å². The second-order valence-electron chi connectivity index (χ2n) is 4.34. The molecule has 0 radical (unpaired) electrons. The van der Waals surface area contributed by atoms with Crippen molar-refractivity contribution in [3.63, 3.8) is 0 Å². The van der Waals surface area contributed by atoms with Gasteiger partial charge in [0.05, 0.1) is 11.6 Å². The molecule has 0 N–H and O–H groups in total. The van der Waals surface area contributed by atoms with Crippen molar-refractivity contribution < 1.29 is 9.57 Å². The highest BCUT2D eigenvalue weighted by atomic mass is 79.9. The molecule has 0 spiro atoms. The van der Waals surface area contributed by atoms with Gasteiger partial charge in [-0.3, -0.25) is 0 Å². The molecule has 3 aromatic rings. The number of aromatic nitrogens is 3. The third-order valence-electron chi connectivity index (χ3n) is 2.95. The van der Waals surface area contributed by atoms with Gasteiger partial charge in [0.15, 0.2) is 0 Å². The van der Waals surface area contributed by atoms with E-state index in [2.05, 4.69) is 26.2 Å². The number of benzene rings is 2. The molecule has 0 aliphatic rings. The van der Waals surface area contributed by atoms with Gasteiger partial charge in [-0.15, -0.1) is 5.10 Å². The molecule has 2 aromatic carbocycles. The van der Waals surface area contributed by atoms with Gasteiger partial charge >= 0.3 is 0 Å². The fraction of sp³-hybridized carbons (Fsp3) is 0.143. The average Bonchev–Trinajstić information content (AvgIpc) is 2.87. The molecule has 0 fully saturated rings. The van der Waals surface area contributed by atoms with Gasteiger partial charge in [-0.05, 0) is 57.0 Å². The van der Waals surface area contributed by atoms with E-state index >= 15 is 0 Å². The number of hydrogen-bond acceptors (Lipinski definition) is 4. The van der Waals surface area contributed by atoms with Gasteiger partial charge in [-0.2, -0.15) is 0 Å². The average molecular weight is 369 g/mol. The predicted octanol–water partition coefficient (Wildman–Crippen LogP) is 3.48. The predicted molar refractivity (Wildman–Crippen MR) is 83.5 cm³/mol. The van der Waals surface area contributed by atoms with Crippen LogP contribution in [0.25, 0.3) is 11.0 Å². The molecule has 1 aromatic heterocycles. The van der Waals surface area contributed by atoms with Gasteiger partial charge < -0.3 is 9.57 Å². The molecule has 5 nitrogen and oxygen atoms in total. The van der Waals surface area contributed by atoms with E-state index < -0.39 is 0 Å². The minimum atomic E-state index is 0.355. The van der Waals surface area contributed by atoms with Crippen LogP contribution in [0.2, 0.25) is 5.02 Å². The maximum Gasteiger partial charge on any atom is 0.142 e. The molecular formula is C14H11BrClN3O2. The maximum absolute atomic E-state index is 5.97. The van der Waals surface area contributed by atoms with Gasteiger partial charge in [0.1, 0.15) is 23.4 Å². The van der Waals surface area contributed by atoms with Crippen LogP contribution in [0.4, 0.5) is 0 Å². The Morgan fingerprint density at radius 3 is 2.86 bits per heavy atom. The summed E-state index contributed by atoms with van der Waals surface area (Å²) in [4.78, 5) is 7.03. The van der Waals surface area contributed by atoms with Gasteiger partial charge in [-0.1, -0.05) is 22.5 Å². The summed E-state index contributed by atoms with van der Waals surface area (Å²) in [7, 11) is 1.63. The molecular weight excluding hydrogens is 358 g/mol. The van der Waals surface area contributed by atoms with Crippen molar-refractivity contribution in [3.05, 3.63) is 51.5 Å². The zero-order valence-electron chi connectivity index (χ0n) is 11.1. The first-order chi connectivity index (χ1) is 10.2. The highest BCUT2D eigenvalue weighted by Gasteiger charge is 2.07. The highest BCUT2D eigenvalue weighted by Crippen LogP contribution is 2.25. The van der Waals surface area contributed by atoms with Crippen LogP contribution < -0.4 is 9.57 Å². The number of rotatable bonds is 4. The fourth-order valence-electron chi connectivity index (χ4n) is 1.90. The van der Waals surface area contributed by atoms with E-state index in [0.717, 1.165) is 26.8 Å². The molecule has 0 atom stereocenters. The third-order valence-corrected chi connectivity index (χ3v) is 3.80. The molecule has 0 saturated heterocycles. The minimum absolute atomic E-state index is 0.355. The second kappa shape index (κ2) is 5.91. The van der Waals surface area contributed by atoms with Gasteiger partial charge in [0, 0.05) is 5.02 Å². The van der Waals surface area contributed by atoms with Crippen molar-refractivity contribution in [2.45, 2.75) is 6.61 Å². The molecule has 7 heteroatoms. The van der Waals surface area contributed by atoms with Crippen molar-refractivity contribution in [2.24, 2.45) is 0 Å². The molecule has 0 aliphatic heterocycles. The largest absolute Gasteiger partial charge is 0.496 e. The SMILES string of the molecule is COc1ccc(COn2nnc3ccc(Cl)cc32)cc1Br.